The van der Waals surface area contributed by atoms with Crippen LogP contribution >= 0.6 is 0 Å². The lowest BCUT2D eigenvalue weighted by atomic mass is 10.0. The van der Waals surface area contributed by atoms with Crippen molar-refractivity contribution in [2.75, 3.05) is 0 Å². The Balaban J connectivity index is 2.98. The molecule has 26 heavy (non-hydrogen) atoms. The van der Waals surface area contributed by atoms with Crippen LogP contribution in [0.1, 0.15) is 149 Å². The SMILES string of the molecule is [CH]=CCCCCCCCCCCCCCCCCCCCCCC(C)C. The number of rotatable bonds is 22. The van der Waals surface area contributed by atoms with E-state index in [2.05, 4.69) is 13.8 Å². The molecular weight excluding hydrogens is 312 g/mol. The Bertz CT molecular complexity index is 253. The molecular formula is C26H51. The van der Waals surface area contributed by atoms with E-state index in [4.69, 9.17) is 6.58 Å². The fourth-order valence-corrected chi connectivity index (χ4v) is 3.82. The standard InChI is InChI=1S/C26H51/c1-4-5-6-7-8-9-10-11-12-13-14-15-16-17-18-19-20-21-22-23-24-25-26(2)3/h1,4,26H,5-25H2,2-3H3. The van der Waals surface area contributed by atoms with Gasteiger partial charge in [0.05, 0.1) is 0 Å². The molecule has 0 aliphatic carbocycles. The molecule has 0 heteroatoms. The number of hydrogen-bond donors (Lipinski definition) is 0. The minimum Gasteiger partial charge on any atom is -0.0845 e. The molecule has 0 nitrogen and oxygen atoms in total. The highest BCUT2D eigenvalue weighted by Crippen LogP contribution is 2.15. The average molecular weight is 364 g/mol. The third kappa shape index (κ3) is 23.7. The number of hydrogen-bond acceptors (Lipinski definition) is 0. The largest absolute Gasteiger partial charge is 0.0845 e. The number of unbranched alkanes of at least 4 members (excludes halogenated alkanes) is 19. The molecule has 0 fully saturated rings. The minimum absolute atomic E-state index is 0.894. The molecule has 0 N–H and O–H groups in total. The van der Waals surface area contributed by atoms with E-state index < -0.39 is 0 Å². The Morgan fingerprint density at radius 2 is 0.731 bits per heavy atom. The van der Waals surface area contributed by atoms with Crippen molar-refractivity contribution in [3.05, 3.63) is 12.7 Å². The van der Waals surface area contributed by atoms with Crippen molar-refractivity contribution < 1.29 is 0 Å². The molecule has 0 aromatic heterocycles. The fraction of sp³-hybridized carbons (Fsp3) is 0.923. The maximum absolute atomic E-state index is 5.39. The van der Waals surface area contributed by atoms with Gasteiger partial charge in [-0.2, -0.15) is 0 Å². The van der Waals surface area contributed by atoms with Gasteiger partial charge in [0, 0.05) is 0 Å². The molecule has 0 amide bonds. The van der Waals surface area contributed by atoms with Crippen molar-refractivity contribution in [2.45, 2.75) is 149 Å². The first-order chi connectivity index (χ1) is 12.8. The van der Waals surface area contributed by atoms with Crippen molar-refractivity contribution in [2.24, 2.45) is 5.92 Å². The molecule has 0 aromatic carbocycles. The molecule has 0 heterocycles. The van der Waals surface area contributed by atoms with Crippen LogP contribution in [0.15, 0.2) is 6.08 Å². The van der Waals surface area contributed by atoms with Gasteiger partial charge in [0.25, 0.3) is 0 Å². The number of allylic oxidation sites excluding steroid dienone is 1. The Labute approximate surface area is 167 Å². The summed E-state index contributed by atoms with van der Waals surface area (Å²) in [5.74, 6) is 0.894. The minimum atomic E-state index is 0.894. The van der Waals surface area contributed by atoms with Crippen LogP contribution in [0.4, 0.5) is 0 Å². The molecule has 0 saturated heterocycles. The zero-order chi connectivity index (χ0) is 19.1. The van der Waals surface area contributed by atoms with Gasteiger partial charge in [-0.15, -0.1) is 0 Å². The van der Waals surface area contributed by atoms with Crippen LogP contribution in [0.5, 0.6) is 0 Å². The molecule has 0 atom stereocenters. The van der Waals surface area contributed by atoms with Crippen LogP contribution in [0.3, 0.4) is 0 Å². The fourth-order valence-electron chi connectivity index (χ4n) is 3.82. The van der Waals surface area contributed by atoms with E-state index in [1.54, 1.807) is 6.08 Å². The molecule has 155 valence electrons. The smallest absolute Gasteiger partial charge is 0.0348 e. The van der Waals surface area contributed by atoms with E-state index in [0.29, 0.717) is 0 Å². The van der Waals surface area contributed by atoms with E-state index in [-0.39, 0.29) is 0 Å². The normalized spacial score (nSPS) is 11.3. The highest BCUT2D eigenvalue weighted by Gasteiger charge is 1.96. The van der Waals surface area contributed by atoms with Gasteiger partial charge in [-0.05, 0) is 18.8 Å². The Kier molecular flexibility index (Phi) is 22.6. The Morgan fingerprint density at radius 3 is 1.00 bits per heavy atom. The van der Waals surface area contributed by atoms with Gasteiger partial charge >= 0.3 is 0 Å². The first kappa shape index (κ1) is 25.7. The molecule has 0 spiro atoms. The molecule has 0 unspecified atom stereocenters. The quantitative estimate of drug-likeness (QED) is 0.168. The average Bonchev–Trinajstić information content (AvgIpc) is 2.62. The molecule has 0 aliphatic heterocycles. The molecule has 0 saturated carbocycles. The Morgan fingerprint density at radius 1 is 0.462 bits per heavy atom. The van der Waals surface area contributed by atoms with Crippen LogP contribution in [0.25, 0.3) is 0 Å². The second-order valence-corrected chi connectivity index (χ2v) is 8.92. The molecule has 0 aromatic rings. The monoisotopic (exact) mass is 363 g/mol. The van der Waals surface area contributed by atoms with Crippen LogP contribution in [-0.2, 0) is 0 Å². The maximum atomic E-state index is 5.39. The molecule has 0 aliphatic rings. The Hall–Kier alpha value is -0.260. The van der Waals surface area contributed by atoms with Gasteiger partial charge in [0.2, 0.25) is 0 Å². The first-order valence-electron chi connectivity index (χ1n) is 12.3. The van der Waals surface area contributed by atoms with E-state index in [9.17, 15) is 0 Å². The third-order valence-corrected chi connectivity index (χ3v) is 5.65. The lowest BCUT2D eigenvalue weighted by Crippen LogP contribution is -1.87. The topological polar surface area (TPSA) is 0 Å². The van der Waals surface area contributed by atoms with Gasteiger partial charge in [0.1, 0.15) is 0 Å². The highest BCUT2D eigenvalue weighted by molar-refractivity contribution is 4.61. The van der Waals surface area contributed by atoms with Crippen molar-refractivity contribution in [3.8, 4) is 0 Å². The summed E-state index contributed by atoms with van der Waals surface area (Å²) in [7, 11) is 0. The van der Waals surface area contributed by atoms with E-state index >= 15 is 0 Å². The zero-order valence-corrected chi connectivity index (χ0v) is 18.6. The van der Waals surface area contributed by atoms with Crippen molar-refractivity contribution in [1.29, 1.82) is 0 Å². The van der Waals surface area contributed by atoms with Crippen LogP contribution in [-0.4, -0.2) is 0 Å². The summed E-state index contributed by atoms with van der Waals surface area (Å²) in [6, 6.07) is 0. The second kappa shape index (κ2) is 22.8. The first-order valence-corrected chi connectivity index (χ1v) is 12.3. The summed E-state index contributed by atoms with van der Waals surface area (Å²) in [4.78, 5) is 0. The third-order valence-electron chi connectivity index (χ3n) is 5.65. The summed E-state index contributed by atoms with van der Waals surface area (Å²) in [6.45, 7) is 10.1. The summed E-state index contributed by atoms with van der Waals surface area (Å²) in [5.41, 5.74) is 0. The van der Waals surface area contributed by atoms with Crippen LogP contribution < -0.4 is 0 Å². The molecule has 0 bridgehead atoms. The van der Waals surface area contributed by atoms with Crippen molar-refractivity contribution in [3.63, 3.8) is 0 Å². The summed E-state index contributed by atoms with van der Waals surface area (Å²) >= 11 is 0. The van der Waals surface area contributed by atoms with Crippen molar-refractivity contribution >= 4 is 0 Å². The highest BCUT2D eigenvalue weighted by atomic mass is 14.0. The predicted octanol–water partition coefficient (Wildman–Crippen LogP) is 9.82. The van der Waals surface area contributed by atoms with Gasteiger partial charge in [-0.1, -0.05) is 148 Å². The van der Waals surface area contributed by atoms with Gasteiger partial charge < -0.3 is 0 Å². The van der Waals surface area contributed by atoms with Crippen LogP contribution in [0, 0.1) is 12.5 Å². The second-order valence-electron chi connectivity index (χ2n) is 8.92. The molecule has 0 rings (SSSR count). The predicted molar refractivity (Wildman–Crippen MR) is 121 cm³/mol. The van der Waals surface area contributed by atoms with Gasteiger partial charge in [0.15, 0.2) is 0 Å². The van der Waals surface area contributed by atoms with E-state index in [1.807, 2.05) is 0 Å². The van der Waals surface area contributed by atoms with Gasteiger partial charge in [-0.3, -0.25) is 0 Å². The van der Waals surface area contributed by atoms with E-state index in [1.165, 1.54) is 128 Å². The summed E-state index contributed by atoms with van der Waals surface area (Å²) in [5, 5.41) is 0. The van der Waals surface area contributed by atoms with Gasteiger partial charge in [-0.25, -0.2) is 0 Å². The van der Waals surface area contributed by atoms with E-state index in [0.717, 1.165) is 12.3 Å². The van der Waals surface area contributed by atoms with Crippen molar-refractivity contribution in [1.82, 2.24) is 0 Å². The zero-order valence-electron chi connectivity index (χ0n) is 18.6. The lowest BCUT2D eigenvalue weighted by molar-refractivity contribution is 0.501. The summed E-state index contributed by atoms with van der Waals surface area (Å²) < 4.78 is 0. The maximum Gasteiger partial charge on any atom is -0.0348 e. The molecule has 1 radical (unpaired) electrons. The van der Waals surface area contributed by atoms with Crippen LogP contribution in [0.2, 0.25) is 0 Å². The summed E-state index contributed by atoms with van der Waals surface area (Å²) in [6.07, 6.45) is 31.9. The lowest BCUT2D eigenvalue weighted by Gasteiger charge is -2.05.